The molecule has 0 amide bonds. The van der Waals surface area contributed by atoms with Gasteiger partial charge in [0.05, 0.1) is 11.7 Å². The normalized spacial score (nSPS) is 41.4. The largest absolute Gasteiger partial charge is 0.366 e. The summed E-state index contributed by atoms with van der Waals surface area (Å²) in [7, 11) is 0. The zero-order chi connectivity index (χ0) is 17.1. The highest BCUT2D eigenvalue weighted by Crippen LogP contribution is 2.53. The summed E-state index contributed by atoms with van der Waals surface area (Å²) in [4.78, 5) is 0. The first-order valence-electron chi connectivity index (χ1n) is 9.79. The highest BCUT2D eigenvalue weighted by Gasteiger charge is 2.61. The van der Waals surface area contributed by atoms with Crippen LogP contribution in [0.3, 0.4) is 0 Å². The van der Waals surface area contributed by atoms with Crippen LogP contribution in [-0.2, 0) is 18.9 Å². The Labute approximate surface area is 149 Å². The lowest BCUT2D eigenvalue weighted by Gasteiger charge is -2.49. The summed E-state index contributed by atoms with van der Waals surface area (Å²) in [5.74, 6) is -0.248. The molecule has 1 aliphatic carbocycles. The first-order chi connectivity index (χ1) is 12.1. The van der Waals surface area contributed by atoms with Crippen molar-refractivity contribution in [1.29, 1.82) is 0 Å². The molecule has 4 nitrogen and oxygen atoms in total. The van der Waals surface area contributed by atoms with Crippen LogP contribution >= 0.6 is 0 Å². The Morgan fingerprint density at radius 3 is 2.36 bits per heavy atom. The highest BCUT2D eigenvalue weighted by molar-refractivity contribution is 5.25. The molecule has 1 spiro atoms. The molecule has 4 fully saturated rings. The molecule has 136 valence electrons. The van der Waals surface area contributed by atoms with E-state index in [2.05, 4.69) is 30.3 Å². The van der Waals surface area contributed by atoms with E-state index in [9.17, 15) is 0 Å². The van der Waals surface area contributed by atoms with Gasteiger partial charge in [-0.3, -0.25) is 0 Å². The Kier molecular flexibility index (Phi) is 3.76. The van der Waals surface area contributed by atoms with Crippen molar-refractivity contribution in [1.82, 2.24) is 0 Å². The lowest BCUT2D eigenvalue weighted by molar-refractivity contribution is -0.252. The average Bonchev–Trinajstić information content (AvgIpc) is 3.08. The van der Waals surface area contributed by atoms with Gasteiger partial charge in [0.15, 0.2) is 12.1 Å². The van der Waals surface area contributed by atoms with Crippen molar-refractivity contribution in [3.63, 3.8) is 0 Å². The summed E-state index contributed by atoms with van der Waals surface area (Å²) in [5.41, 5.74) is 1.33. The van der Waals surface area contributed by atoms with Gasteiger partial charge in [0.1, 0.15) is 12.2 Å². The third kappa shape index (κ3) is 2.74. The molecule has 0 aromatic heterocycles. The molecule has 5 atom stereocenters. The predicted molar refractivity (Wildman–Crippen MR) is 93.2 cm³/mol. The fourth-order valence-electron chi connectivity index (χ4n) is 5.34. The Hall–Kier alpha value is -0.940. The van der Waals surface area contributed by atoms with E-state index >= 15 is 0 Å². The molecule has 0 N–H and O–H groups in total. The van der Waals surface area contributed by atoms with Gasteiger partial charge in [0.25, 0.3) is 0 Å². The van der Waals surface area contributed by atoms with Crippen LogP contribution in [0.15, 0.2) is 30.3 Å². The first-order valence-corrected chi connectivity index (χ1v) is 9.79. The van der Waals surface area contributed by atoms with E-state index in [1.165, 1.54) is 24.8 Å². The summed E-state index contributed by atoms with van der Waals surface area (Å²) in [6, 6.07) is 10.8. The summed E-state index contributed by atoms with van der Waals surface area (Å²) < 4.78 is 25.3. The summed E-state index contributed by atoms with van der Waals surface area (Å²) in [5, 5.41) is 0. The van der Waals surface area contributed by atoms with Gasteiger partial charge in [-0.2, -0.15) is 0 Å². The van der Waals surface area contributed by atoms with Crippen molar-refractivity contribution in [3.05, 3.63) is 35.9 Å². The minimum Gasteiger partial charge on any atom is -0.366 e. The maximum atomic E-state index is 6.77. The summed E-state index contributed by atoms with van der Waals surface area (Å²) >= 11 is 0. The average molecular weight is 344 g/mol. The van der Waals surface area contributed by atoms with Gasteiger partial charge in [-0.05, 0) is 38.7 Å². The Morgan fingerprint density at radius 1 is 0.840 bits per heavy atom. The predicted octanol–water partition coefficient (Wildman–Crippen LogP) is 4.14. The van der Waals surface area contributed by atoms with Crippen LogP contribution in [0.25, 0.3) is 0 Å². The van der Waals surface area contributed by atoms with Crippen LogP contribution in [0.2, 0.25) is 0 Å². The van der Waals surface area contributed by atoms with Gasteiger partial charge >= 0.3 is 0 Å². The fourth-order valence-corrected chi connectivity index (χ4v) is 5.34. The van der Waals surface area contributed by atoms with E-state index < -0.39 is 5.79 Å². The van der Waals surface area contributed by atoms with Crippen LogP contribution in [0, 0.1) is 0 Å². The molecular formula is C21H28O4. The lowest BCUT2D eigenvalue weighted by atomic mass is 9.71. The highest BCUT2D eigenvalue weighted by atomic mass is 16.8. The number of ether oxygens (including phenoxy) is 4. The van der Waals surface area contributed by atoms with Crippen LogP contribution in [0.1, 0.15) is 63.9 Å². The van der Waals surface area contributed by atoms with Crippen molar-refractivity contribution in [3.8, 4) is 0 Å². The van der Waals surface area contributed by atoms with E-state index in [1.807, 2.05) is 13.8 Å². The minimum atomic E-state index is -0.594. The summed E-state index contributed by atoms with van der Waals surface area (Å²) in [6.07, 6.45) is 6.74. The van der Waals surface area contributed by atoms with E-state index in [-0.39, 0.29) is 30.2 Å². The SMILES string of the molecule is CC1(C)O[C@H]2O[C@H]3[C@H](OC4(CCCCC4)C[C@H]3c3ccccc3)[C@H]2O1. The Bertz CT molecular complexity index is 622. The first kappa shape index (κ1) is 16.2. The van der Waals surface area contributed by atoms with Crippen LogP contribution < -0.4 is 0 Å². The number of hydrogen-bond acceptors (Lipinski definition) is 4. The molecule has 0 radical (unpaired) electrons. The topological polar surface area (TPSA) is 36.9 Å². The Balaban J connectivity index is 1.49. The second-order valence-electron chi connectivity index (χ2n) is 8.62. The monoisotopic (exact) mass is 344 g/mol. The van der Waals surface area contributed by atoms with Crippen LogP contribution in [0.5, 0.6) is 0 Å². The molecule has 5 rings (SSSR count). The van der Waals surface area contributed by atoms with Crippen molar-refractivity contribution in [2.24, 2.45) is 0 Å². The van der Waals surface area contributed by atoms with Gasteiger partial charge in [-0.25, -0.2) is 0 Å². The minimum absolute atomic E-state index is 0.0149. The van der Waals surface area contributed by atoms with Gasteiger partial charge < -0.3 is 18.9 Å². The van der Waals surface area contributed by atoms with E-state index in [0.717, 1.165) is 19.3 Å². The van der Waals surface area contributed by atoms with Gasteiger partial charge in [-0.1, -0.05) is 49.6 Å². The van der Waals surface area contributed by atoms with Crippen molar-refractivity contribution in [2.75, 3.05) is 0 Å². The van der Waals surface area contributed by atoms with Crippen molar-refractivity contribution >= 4 is 0 Å². The second-order valence-corrected chi connectivity index (χ2v) is 8.62. The van der Waals surface area contributed by atoms with E-state index in [4.69, 9.17) is 18.9 Å². The molecule has 1 aromatic carbocycles. The maximum Gasteiger partial charge on any atom is 0.190 e. The standard InChI is InChI=1S/C21H28O4/c1-20(2)23-18-17-16(22-19(18)25-20)15(14-9-5-3-6-10-14)13-21(24-17)11-7-4-8-12-21/h3,5-6,9-10,15-19H,4,7-8,11-13H2,1-2H3/t15-,16+,17-,18+,19+/m0/s1. The fraction of sp³-hybridized carbons (Fsp3) is 0.714. The molecule has 3 aliphatic heterocycles. The third-order valence-corrected chi connectivity index (χ3v) is 6.39. The van der Waals surface area contributed by atoms with Crippen molar-refractivity contribution < 1.29 is 18.9 Å². The van der Waals surface area contributed by atoms with E-state index in [1.54, 1.807) is 0 Å². The molecule has 3 saturated heterocycles. The number of hydrogen-bond donors (Lipinski definition) is 0. The molecule has 1 aromatic rings. The van der Waals surface area contributed by atoms with Gasteiger partial charge in [0.2, 0.25) is 0 Å². The summed E-state index contributed by atoms with van der Waals surface area (Å²) in [6.45, 7) is 3.91. The maximum absolute atomic E-state index is 6.77. The zero-order valence-corrected chi connectivity index (χ0v) is 15.1. The Morgan fingerprint density at radius 2 is 1.60 bits per heavy atom. The molecule has 4 heteroatoms. The quantitative estimate of drug-likeness (QED) is 0.767. The van der Waals surface area contributed by atoms with Crippen LogP contribution in [0.4, 0.5) is 0 Å². The lowest BCUT2D eigenvalue weighted by Crippen LogP contribution is -2.53. The molecular weight excluding hydrogens is 316 g/mol. The van der Waals surface area contributed by atoms with Crippen molar-refractivity contribution in [2.45, 2.75) is 94.3 Å². The second kappa shape index (κ2) is 5.78. The molecule has 4 aliphatic rings. The molecule has 25 heavy (non-hydrogen) atoms. The number of benzene rings is 1. The smallest absolute Gasteiger partial charge is 0.190 e. The van der Waals surface area contributed by atoms with Gasteiger partial charge in [-0.15, -0.1) is 0 Å². The molecule has 1 saturated carbocycles. The molecule has 3 heterocycles. The number of fused-ring (bicyclic) bond motifs is 3. The van der Waals surface area contributed by atoms with E-state index in [0.29, 0.717) is 5.92 Å². The zero-order valence-electron chi connectivity index (χ0n) is 15.1. The van der Waals surface area contributed by atoms with Crippen LogP contribution in [-0.4, -0.2) is 36.0 Å². The molecule has 0 bridgehead atoms. The number of rotatable bonds is 1. The van der Waals surface area contributed by atoms with Gasteiger partial charge in [0, 0.05) is 5.92 Å². The molecule has 0 unspecified atom stereocenters. The third-order valence-electron chi connectivity index (χ3n) is 6.39.